The van der Waals surface area contributed by atoms with Gasteiger partial charge in [0.05, 0.1) is 5.56 Å². The lowest BCUT2D eigenvalue weighted by Crippen LogP contribution is -1.85. The van der Waals surface area contributed by atoms with E-state index in [1.54, 1.807) is 31.2 Å². The maximum atomic E-state index is 9.72. The summed E-state index contributed by atoms with van der Waals surface area (Å²) in [6, 6.07) is 9.53. The number of hydrogen-bond donors (Lipinski definition) is 3. The monoisotopic (exact) mass is 216 g/mol. The molecule has 0 saturated carbocycles. The van der Waals surface area contributed by atoms with Crippen LogP contribution in [0.3, 0.4) is 0 Å². The van der Waals surface area contributed by atoms with E-state index in [1.165, 1.54) is 12.1 Å². The van der Waals surface area contributed by atoms with Gasteiger partial charge in [-0.1, -0.05) is 18.2 Å². The molecule has 2 aromatic rings. The Hall–Kier alpha value is -2.16. The van der Waals surface area contributed by atoms with E-state index in [1.807, 2.05) is 0 Å². The van der Waals surface area contributed by atoms with E-state index in [4.69, 9.17) is 0 Å². The molecule has 0 bridgehead atoms. The number of hydrogen-bond acceptors (Lipinski definition) is 3. The van der Waals surface area contributed by atoms with Crippen molar-refractivity contribution in [3.8, 4) is 28.4 Å². The van der Waals surface area contributed by atoms with Crippen LogP contribution in [0.2, 0.25) is 0 Å². The van der Waals surface area contributed by atoms with Crippen LogP contribution in [0, 0.1) is 6.92 Å². The fraction of sp³-hybridized carbons (Fsp3) is 0.0769. The predicted octanol–water partition coefficient (Wildman–Crippen LogP) is 2.78. The Balaban J connectivity index is 2.73. The average molecular weight is 216 g/mol. The summed E-state index contributed by atoms with van der Waals surface area (Å²) in [7, 11) is 0. The molecule has 3 heteroatoms. The van der Waals surface area contributed by atoms with Gasteiger partial charge in [-0.05, 0) is 36.2 Å². The normalized spacial score (nSPS) is 10.3. The van der Waals surface area contributed by atoms with E-state index in [0.29, 0.717) is 16.7 Å². The van der Waals surface area contributed by atoms with Gasteiger partial charge in [-0.25, -0.2) is 0 Å². The molecule has 3 nitrogen and oxygen atoms in total. The number of aromatic hydroxyl groups is 3. The quantitative estimate of drug-likeness (QED) is 0.686. The first-order valence-electron chi connectivity index (χ1n) is 4.91. The first-order valence-corrected chi connectivity index (χ1v) is 4.91. The first-order chi connectivity index (χ1) is 7.61. The summed E-state index contributed by atoms with van der Waals surface area (Å²) in [6.07, 6.45) is 0. The minimum atomic E-state index is -0.00583. The van der Waals surface area contributed by atoms with Crippen molar-refractivity contribution in [2.24, 2.45) is 0 Å². The van der Waals surface area contributed by atoms with Gasteiger partial charge in [0.1, 0.15) is 17.2 Å². The molecule has 0 amide bonds. The second-order valence-corrected chi connectivity index (χ2v) is 3.62. The molecule has 0 heterocycles. The first kappa shape index (κ1) is 10.4. The molecule has 82 valence electrons. The average Bonchev–Trinajstić information content (AvgIpc) is 2.24. The second-order valence-electron chi connectivity index (χ2n) is 3.62. The van der Waals surface area contributed by atoms with Crippen LogP contribution in [0.5, 0.6) is 17.2 Å². The topological polar surface area (TPSA) is 60.7 Å². The van der Waals surface area contributed by atoms with Gasteiger partial charge in [0, 0.05) is 0 Å². The molecule has 0 radical (unpaired) electrons. The Kier molecular flexibility index (Phi) is 2.44. The van der Waals surface area contributed by atoms with Gasteiger partial charge in [0.2, 0.25) is 0 Å². The van der Waals surface area contributed by atoms with Crippen LogP contribution in [0.1, 0.15) is 5.56 Å². The van der Waals surface area contributed by atoms with Crippen LogP contribution in [0.25, 0.3) is 11.1 Å². The molecule has 0 spiro atoms. The van der Waals surface area contributed by atoms with Gasteiger partial charge >= 0.3 is 0 Å². The van der Waals surface area contributed by atoms with Gasteiger partial charge in [-0.3, -0.25) is 0 Å². The largest absolute Gasteiger partial charge is 0.508 e. The highest BCUT2D eigenvalue weighted by molar-refractivity contribution is 5.79. The van der Waals surface area contributed by atoms with Gasteiger partial charge in [0.15, 0.2) is 0 Å². The minimum Gasteiger partial charge on any atom is -0.508 e. The van der Waals surface area contributed by atoms with Gasteiger partial charge < -0.3 is 15.3 Å². The summed E-state index contributed by atoms with van der Waals surface area (Å²) in [6.45, 7) is 1.73. The maximum Gasteiger partial charge on any atom is 0.127 e. The summed E-state index contributed by atoms with van der Waals surface area (Å²) in [5.74, 6) is 0.127. The van der Waals surface area contributed by atoms with Crippen molar-refractivity contribution >= 4 is 0 Å². The highest BCUT2D eigenvalue weighted by Gasteiger charge is 2.13. The molecule has 0 aliphatic carbocycles. The van der Waals surface area contributed by atoms with Gasteiger partial charge in [-0.15, -0.1) is 0 Å². The molecular formula is C13H12O3. The van der Waals surface area contributed by atoms with Crippen LogP contribution in [-0.2, 0) is 0 Å². The maximum absolute atomic E-state index is 9.72. The van der Waals surface area contributed by atoms with Crippen molar-refractivity contribution < 1.29 is 15.3 Å². The zero-order valence-electron chi connectivity index (χ0n) is 8.81. The van der Waals surface area contributed by atoms with E-state index < -0.39 is 0 Å². The molecule has 0 aromatic heterocycles. The molecule has 2 aromatic carbocycles. The molecule has 3 N–H and O–H groups in total. The Morgan fingerprint density at radius 2 is 1.25 bits per heavy atom. The molecule has 0 atom stereocenters. The molecule has 0 saturated heterocycles. The molecular weight excluding hydrogens is 204 g/mol. The number of phenols is 3. The van der Waals surface area contributed by atoms with Crippen molar-refractivity contribution in [1.82, 2.24) is 0 Å². The Bertz CT molecular complexity index is 512. The highest BCUT2D eigenvalue weighted by Crippen LogP contribution is 2.40. The van der Waals surface area contributed by atoms with Crippen molar-refractivity contribution in [3.63, 3.8) is 0 Å². The van der Waals surface area contributed by atoms with Crippen LogP contribution < -0.4 is 0 Å². The summed E-state index contributed by atoms with van der Waals surface area (Å²) < 4.78 is 0. The molecule has 0 aliphatic heterocycles. The molecule has 2 rings (SSSR count). The summed E-state index contributed by atoms with van der Waals surface area (Å²) in [5, 5.41) is 29.0. The SMILES string of the molecule is Cc1c(O)cccc1-c1c(O)cccc1O. The van der Waals surface area contributed by atoms with E-state index in [-0.39, 0.29) is 17.2 Å². The third kappa shape index (κ3) is 1.56. The van der Waals surface area contributed by atoms with Crippen molar-refractivity contribution in [2.75, 3.05) is 0 Å². The molecule has 0 unspecified atom stereocenters. The van der Waals surface area contributed by atoms with Crippen molar-refractivity contribution in [1.29, 1.82) is 0 Å². The summed E-state index contributed by atoms with van der Waals surface area (Å²) in [4.78, 5) is 0. The minimum absolute atomic E-state index is 0.00583. The number of rotatable bonds is 1. The van der Waals surface area contributed by atoms with Crippen LogP contribution in [0.15, 0.2) is 36.4 Å². The summed E-state index contributed by atoms with van der Waals surface area (Å²) >= 11 is 0. The van der Waals surface area contributed by atoms with Crippen LogP contribution in [0.4, 0.5) is 0 Å². The van der Waals surface area contributed by atoms with E-state index in [0.717, 1.165) is 0 Å². The zero-order valence-corrected chi connectivity index (χ0v) is 8.81. The third-order valence-electron chi connectivity index (χ3n) is 2.60. The fourth-order valence-corrected chi connectivity index (χ4v) is 1.70. The highest BCUT2D eigenvalue weighted by atomic mass is 16.3. The second kappa shape index (κ2) is 3.77. The van der Waals surface area contributed by atoms with E-state index >= 15 is 0 Å². The van der Waals surface area contributed by atoms with Crippen LogP contribution in [-0.4, -0.2) is 15.3 Å². The summed E-state index contributed by atoms with van der Waals surface area (Å²) in [5.41, 5.74) is 1.59. The lowest BCUT2D eigenvalue weighted by molar-refractivity contribution is 0.453. The third-order valence-corrected chi connectivity index (χ3v) is 2.60. The molecule has 0 aliphatic rings. The van der Waals surface area contributed by atoms with E-state index in [2.05, 4.69) is 0 Å². The predicted molar refractivity (Wildman–Crippen MR) is 61.6 cm³/mol. The Labute approximate surface area is 93.2 Å². The lowest BCUT2D eigenvalue weighted by atomic mass is 9.98. The van der Waals surface area contributed by atoms with Crippen molar-refractivity contribution in [2.45, 2.75) is 6.92 Å². The fourth-order valence-electron chi connectivity index (χ4n) is 1.70. The van der Waals surface area contributed by atoms with Gasteiger partial charge in [-0.2, -0.15) is 0 Å². The smallest absolute Gasteiger partial charge is 0.127 e. The number of phenolic OH excluding ortho intramolecular Hbond substituents is 3. The standard InChI is InChI=1S/C13H12O3/c1-8-9(4-2-5-10(8)14)13-11(15)6-3-7-12(13)16/h2-7,14-16H,1H3. The lowest BCUT2D eigenvalue weighted by Gasteiger charge is -2.10. The van der Waals surface area contributed by atoms with Gasteiger partial charge in [0.25, 0.3) is 0 Å². The Morgan fingerprint density at radius 1 is 0.750 bits per heavy atom. The zero-order chi connectivity index (χ0) is 11.7. The number of benzene rings is 2. The molecule has 0 fully saturated rings. The van der Waals surface area contributed by atoms with Crippen molar-refractivity contribution in [3.05, 3.63) is 42.0 Å². The Morgan fingerprint density at radius 3 is 1.88 bits per heavy atom. The van der Waals surface area contributed by atoms with E-state index in [9.17, 15) is 15.3 Å². The van der Waals surface area contributed by atoms with Crippen LogP contribution >= 0.6 is 0 Å². The molecule has 16 heavy (non-hydrogen) atoms.